The van der Waals surface area contributed by atoms with Crippen molar-refractivity contribution in [1.29, 1.82) is 10.5 Å². The molecule has 0 aliphatic carbocycles. The molecule has 27 heavy (non-hydrogen) atoms. The molecule has 0 amide bonds. The number of hydrogen-bond acceptors (Lipinski definition) is 6. The summed E-state index contributed by atoms with van der Waals surface area (Å²) in [7, 11) is 0. The first kappa shape index (κ1) is 18.4. The molecule has 0 saturated carbocycles. The average Bonchev–Trinajstić information content (AvgIpc) is 2.89. The quantitative estimate of drug-likeness (QED) is 0.596. The molecule has 6 nitrogen and oxygen atoms in total. The number of ketones is 1. The van der Waals surface area contributed by atoms with Crippen molar-refractivity contribution in [2.75, 3.05) is 6.61 Å². The van der Waals surface area contributed by atoms with Crippen LogP contribution in [-0.2, 0) is 14.3 Å². The van der Waals surface area contributed by atoms with Gasteiger partial charge in [-0.3, -0.25) is 9.59 Å². The maximum Gasteiger partial charge on any atom is 0.322 e. The van der Waals surface area contributed by atoms with Gasteiger partial charge in [0, 0.05) is 0 Å². The number of esters is 1. The van der Waals surface area contributed by atoms with Gasteiger partial charge in [-0.05, 0) is 48.9 Å². The number of halogens is 1. The molecule has 2 aromatic rings. The van der Waals surface area contributed by atoms with Gasteiger partial charge in [0.05, 0.1) is 22.2 Å². The van der Waals surface area contributed by atoms with E-state index in [1.54, 1.807) is 24.3 Å². The molecule has 3 rings (SSSR count). The van der Waals surface area contributed by atoms with Gasteiger partial charge in [0.15, 0.2) is 5.78 Å². The Labute approximate surface area is 160 Å². The molecule has 1 aliphatic rings. The van der Waals surface area contributed by atoms with Crippen molar-refractivity contribution in [2.45, 2.75) is 18.4 Å². The van der Waals surface area contributed by atoms with Gasteiger partial charge >= 0.3 is 5.97 Å². The second-order valence-corrected chi connectivity index (χ2v) is 6.63. The fourth-order valence-electron chi connectivity index (χ4n) is 2.78. The lowest BCUT2D eigenvalue weighted by Gasteiger charge is -2.21. The number of ether oxygens (including phenoxy) is 2. The number of rotatable bonds is 4. The second kappa shape index (κ2) is 7.11. The van der Waals surface area contributed by atoms with Crippen LogP contribution < -0.4 is 4.74 Å². The molecule has 1 saturated heterocycles. The largest absolute Gasteiger partial charge is 0.489 e. The zero-order chi connectivity index (χ0) is 19.6. The number of cyclic esters (lactones) is 1. The summed E-state index contributed by atoms with van der Waals surface area (Å²) in [6.45, 7) is 1.33. The average molecular weight is 381 g/mol. The lowest BCUT2D eigenvalue weighted by atomic mass is 9.88. The Balaban J connectivity index is 1.78. The highest BCUT2D eigenvalue weighted by Crippen LogP contribution is 2.36. The number of nitrogens with zero attached hydrogens (tertiary/aromatic N) is 2. The van der Waals surface area contributed by atoms with Crippen LogP contribution in [0.3, 0.4) is 0 Å². The molecule has 7 heteroatoms. The molecule has 2 aromatic carbocycles. The summed E-state index contributed by atoms with van der Waals surface area (Å²) in [5.74, 6) is -1.80. The number of hydrogen-bond donors (Lipinski definition) is 0. The van der Waals surface area contributed by atoms with E-state index in [0.29, 0.717) is 16.9 Å². The lowest BCUT2D eigenvalue weighted by molar-refractivity contribution is -0.153. The minimum absolute atomic E-state index is 0.163. The minimum Gasteiger partial charge on any atom is -0.489 e. The van der Waals surface area contributed by atoms with Crippen LogP contribution in [0, 0.1) is 22.7 Å². The number of benzene rings is 2. The van der Waals surface area contributed by atoms with Gasteiger partial charge in [0.1, 0.15) is 24.3 Å². The Morgan fingerprint density at radius 2 is 1.85 bits per heavy atom. The van der Waals surface area contributed by atoms with E-state index in [9.17, 15) is 9.59 Å². The topological polar surface area (TPSA) is 100 Å². The Morgan fingerprint density at radius 3 is 2.44 bits per heavy atom. The van der Waals surface area contributed by atoms with E-state index in [2.05, 4.69) is 0 Å². The summed E-state index contributed by atoms with van der Waals surface area (Å²) < 4.78 is 10.9. The zero-order valence-corrected chi connectivity index (χ0v) is 15.0. The van der Waals surface area contributed by atoms with Crippen molar-refractivity contribution < 1.29 is 19.1 Å². The van der Waals surface area contributed by atoms with Crippen LogP contribution in [0.5, 0.6) is 5.75 Å². The molecule has 1 aliphatic heterocycles. The molecule has 2 atom stereocenters. The van der Waals surface area contributed by atoms with Crippen molar-refractivity contribution in [3.63, 3.8) is 0 Å². The summed E-state index contributed by atoms with van der Waals surface area (Å²) in [6, 6.07) is 14.7. The Kier molecular flexibility index (Phi) is 4.85. The molecule has 134 valence electrons. The number of Topliss-reactive ketones (excluding diaryl/α,β-unsaturated/α-hetero) is 1. The summed E-state index contributed by atoms with van der Waals surface area (Å²) in [6.07, 6.45) is 0. The van der Waals surface area contributed by atoms with Crippen LogP contribution in [0.2, 0.25) is 5.02 Å². The fraction of sp³-hybridized carbons (Fsp3) is 0.200. The van der Waals surface area contributed by atoms with Gasteiger partial charge in [-0.15, -0.1) is 0 Å². The van der Waals surface area contributed by atoms with E-state index >= 15 is 0 Å². The maximum atomic E-state index is 12.8. The first-order valence-electron chi connectivity index (χ1n) is 7.97. The van der Waals surface area contributed by atoms with Crippen molar-refractivity contribution in [3.05, 3.63) is 64.2 Å². The van der Waals surface area contributed by atoms with Crippen LogP contribution in [0.25, 0.3) is 0 Å². The summed E-state index contributed by atoms with van der Waals surface area (Å²) >= 11 is 6.01. The van der Waals surface area contributed by atoms with E-state index in [-0.39, 0.29) is 17.2 Å². The summed E-state index contributed by atoms with van der Waals surface area (Å²) in [5.41, 5.74) is -0.340. The van der Waals surface area contributed by atoms with Gasteiger partial charge in [-0.25, -0.2) is 0 Å². The second-order valence-electron chi connectivity index (χ2n) is 6.23. The minimum atomic E-state index is -1.45. The van der Waals surface area contributed by atoms with Crippen molar-refractivity contribution in [1.82, 2.24) is 0 Å². The van der Waals surface area contributed by atoms with Gasteiger partial charge in [0.2, 0.25) is 5.60 Å². The molecule has 1 heterocycles. The standard InChI is InChI=1S/C20H13ClN2O4/c1-20(11-26-15-6-2-12(9-22)3-7-15)18(24)17(19(25)27-20)13-4-5-14(10-23)16(21)8-13/h2-8,17H,11H2,1H3. The molecule has 0 bridgehead atoms. The Morgan fingerprint density at radius 1 is 1.15 bits per heavy atom. The molecular formula is C20H13ClN2O4. The summed E-state index contributed by atoms with van der Waals surface area (Å²) in [4.78, 5) is 25.2. The van der Waals surface area contributed by atoms with Gasteiger partial charge in [0.25, 0.3) is 0 Å². The highest BCUT2D eigenvalue weighted by molar-refractivity contribution is 6.32. The lowest BCUT2D eigenvalue weighted by Crippen LogP contribution is -2.40. The molecule has 0 N–H and O–H groups in total. The van der Waals surface area contributed by atoms with Crippen LogP contribution in [0.15, 0.2) is 42.5 Å². The first-order valence-corrected chi connectivity index (χ1v) is 8.35. The van der Waals surface area contributed by atoms with E-state index < -0.39 is 23.3 Å². The van der Waals surface area contributed by atoms with Crippen molar-refractivity contribution >= 4 is 23.4 Å². The molecule has 2 unspecified atom stereocenters. The van der Waals surface area contributed by atoms with Gasteiger partial charge < -0.3 is 9.47 Å². The third-order valence-corrected chi connectivity index (χ3v) is 4.60. The number of carbonyl (C=O) groups excluding carboxylic acids is 2. The maximum absolute atomic E-state index is 12.8. The monoisotopic (exact) mass is 380 g/mol. The van der Waals surface area contributed by atoms with E-state index in [1.807, 2.05) is 12.1 Å². The van der Waals surface area contributed by atoms with Crippen LogP contribution in [0.4, 0.5) is 0 Å². The SMILES string of the molecule is CC1(COc2ccc(C#N)cc2)OC(=O)C(c2ccc(C#N)c(Cl)c2)C1=O. The highest BCUT2D eigenvalue weighted by Gasteiger charge is 2.53. The van der Waals surface area contributed by atoms with Gasteiger partial charge in [-0.1, -0.05) is 17.7 Å². The van der Waals surface area contributed by atoms with Gasteiger partial charge in [-0.2, -0.15) is 10.5 Å². The van der Waals surface area contributed by atoms with Crippen molar-refractivity contribution in [2.24, 2.45) is 0 Å². The molecular weight excluding hydrogens is 368 g/mol. The third kappa shape index (κ3) is 3.48. The van der Waals surface area contributed by atoms with Crippen LogP contribution in [-0.4, -0.2) is 24.0 Å². The Bertz CT molecular complexity index is 1000. The fourth-order valence-corrected chi connectivity index (χ4v) is 3.01. The van der Waals surface area contributed by atoms with Crippen LogP contribution >= 0.6 is 11.6 Å². The van der Waals surface area contributed by atoms with E-state index in [4.69, 9.17) is 31.6 Å². The Hall–Kier alpha value is -3.35. The normalized spacial score (nSPS) is 21.3. The van der Waals surface area contributed by atoms with Crippen molar-refractivity contribution in [3.8, 4) is 17.9 Å². The molecule has 0 spiro atoms. The number of carbonyl (C=O) groups is 2. The zero-order valence-electron chi connectivity index (χ0n) is 14.2. The molecule has 0 aromatic heterocycles. The first-order chi connectivity index (χ1) is 12.9. The van der Waals surface area contributed by atoms with E-state index in [1.165, 1.54) is 25.1 Å². The molecule has 1 fully saturated rings. The van der Waals surface area contributed by atoms with Crippen LogP contribution in [0.1, 0.15) is 29.5 Å². The summed E-state index contributed by atoms with van der Waals surface area (Å²) in [5, 5.41) is 17.9. The highest BCUT2D eigenvalue weighted by atomic mass is 35.5. The predicted octanol–water partition coefficient (Wildman–Crippen LogP) is 3.13. The van der Waals surface area contributed by atoms with E-state index in [0.717, 1.165) is 0 Å². The molecule has 0 radical (unpaired) electrons. The smallest absolute Gasteiger partial charge is 0.322 e. The third-order valence-electron chi connectivity index (χ3n) is 4.29. The number of nitriles is 2. The predicted molar refractivity (Wildman–Crippen MR) is 95.1 cm³/mol.